The molecule has 2 unspecified atom stereocenters. The zero-order valence-corrected chi connectivity index (χ0v) is 17.3. The highest BCUT2D eigenvalue weighted by atomic mass is 32.2. The van der Waals surface area contributed by atoms with Crippen LogP contribution < -0.4 is 4.72 Å². The summed E-state index contributed by atoms with van der Waals surface area (Å²) in [6.07, 6.45) is 2.04. The number of carbonyl (C=O) groups is 2. The first kappa shape index (κ1) is 24.0. The molecule has 0 saturated carbocycles. The molecule has 0 bridgehead atoms. The average molecular weight is 380 g/mol. The Morgan fingerprint density at radius 1 is 1.20 bits per heavy atom. The maximum atomic E-state index is 12.2. The van der Waals surface area contributed by atoms with Crippen LogP contribution >= 0.6 is 0 Å². The van der Waals surface area contributed by atoms with E-state index in [1.165, 1.54) is 14.2 Å². The maximum Gasteiger partial charge on any atom is 0.310 e. The van der Waals surface area contributed by atoms with Gasteiger partial charge in [-0.15, -0.1) is 0 Å². The van der Waals surface area contributed by atoms with Crippen LogP contribution in [0.3, 0.4) is 0 Å². The average Bonchev–Trinajstić information content (AvgIpc) is 2.52. The van der Waals surface area contributed by atoms with Crippen LogP contribution in [0.2, 0.25) is 0 Å². The highest BCUT2D eigenvalue weighted by molar-refractivity contribution is 7.84. The highest BCUT2D eigenvalue weighted by Crippen LogP contribution is 2.31. The topological polar surface area (TPSA) is 90.9 Å². The van der Waals surface area contributed by atoms with Crippen LogP contribution in [-0.2, 0) is 34.8 Å². The minimum Gasteiger partial charge on any atom is -0.469 e. The summed E-state index contributed by atoms with van der Waals surface area (Å²) in [5.74, 6) is -0.732. The summed E-state index contributed by atoms with van der Waals surface area (Å²) in [5.41, 5.74) is -0.556. The monoisotopic (exact) mass is 379 g/mol. The molecule has 0 amide bonds. The molecule has 1 saturated heterocycles. The molecule has 148 valence electrons. The van der Waals surface area contributed by atoms with Crippen molar-refractivity contribution in [3.63, 3.8) is 0 Å². The summed E-state index contributed by atoms with van der Waals surface area (Å²) in [6.45, 7) is 10.3. The van der Waals surface area contributed by atoms with E-state index >= 15 is 0 Å². The number of rotatable bonds is 7. The van der Waals surface area contributed by atoms with E-state index in [1.807, 2.05) is 34.6 Å². The molecule has 1 heterocycles. The third-order valence-electron chi connectivity index (χ3n) is 3.81. The molecule has 0 aliphatic carbocycles. The van der Waals surface area contributed by atoms with Crippen LogP contribution in [0.15, 0.2) is 0 Å². The van der Waals surface area contributed by atoms with Crippen molar-refractivity contribution >= 4 is 22.9 Å². The second-order valence-corrected chi connectivity index (χ2v) is 8.91. The lowest BCUT2D eigenvalue weighted by Crippen LogP contribution is -2.68. The number of methoxy groups -OCH3 is 2. The zero-order valence-electron chi connectivity index (χ0n) is 16.5. The molecule has 25 heavy (non-hydrogen) atoms. The predicted molar refractivity (Wildman–Crippen MR) is 97.3 cm³/mol. The predicted octanol–water partition coefficient (Wildman–Crippen LogP) is 1.97. The van der Waals surface area contributed by atoms with Gasteiger partial charge >= 0.3 is 11.9 Å². The van der Waals surface area contributed by atoms with Crippen LogP contribution in [0, 0.1) is 5.92 Å². The molecule has 0 aromatic heterocycles. The van der Waals surface area contributed by atoms with E-state index in [2.05, 4.69) is 9.46 Å². The largest absolute Gasteiger partial charge is 0.469 e. The van der Waals surface area contributed by atoms with Crippen LogP contribution in [0.25, 0.3) is 0 Å². The number of ether oxygens (including phenoxy) is 3. The molecule has 8 heteroatoms. The van der Waals surface area contributed by atoms with Gasteiger partial charge < -0.3 is 14.2 Å². The van der Waals surface area contributed by atoms with Gasteiger partial charge in [-0.2, -0.15) is 0 Å². The van der Waals surface area contributed by atoms with Gasteiger partial charge in [-0.05, 0) is 33.6 Å². The van der Waals surface area contributed by atoms with Crippen molar-refractivity contribution in [2.24, 2.45) is 5.92 Å². The van der Waals surface area contributed by atoms with Crippen molar-refractivity contribution in [1.82, 2.24) is 4.72 Å². The van der Waals surface area contributed by atoms with Crippen molar-refractivity contribution in [1.29, 1.82) is 0 Å². The summed E-state index contributed by atoms with van der Waals surface area (Å²) < 4.78 is 29.3. The van der Waals surface area contributed by atoms with E-state index in [0.29, 0.717) is 26.1 Å². The van der Waals surface area contributed by atoms with Gasteiger partial charge in [-0.3, -0.25) is 9.59 Å². The molecular formula is C17H33NO6S. The van der Waals surface area contributed by atoms with Crippen molar-refractivity contribution in [2.75, 3.05) is 27.4 Å². The van der Waals surface area contributed by atoms with Gasteiger partial charge in [0.05, 0.1) is 54.6 Å². The third kappa shape index (κ3) is 7.42. The Labute approximate surface area is 153 Å². The molecule has 0 aromatic carbocycles. The first-order valence-electron chi connectivity index (χ1n) is 8.50. The molecule has 0 spiro atoms. The number of hydrogen-bond acceptors (Lipinski definition) is 6. The van der Waals surface area contributed by atoms with Crippen molar-refractivity contribution in [3.8, 4) is 0 Å². The molecule has 1 rings (SSSR count). The summed E-state index contributed by atoms with van der Waals surface area (Å²) in [5, 5.41) is 0. The normalized spacial score (nSPS) is 18.0. The van der Waals surface area contributed by atoms with E-state index in [0.717, 1.165) is 6.42 Å². The molecule has 7 nitrogen and oxygen atoms in total. The molecule has 2 atom stereocenters. The fourth-order valence-corrected chi connectivity index (χ4v) is 3.16. The van der Waals surface area contributed by atoms with Crippen LogP contribution in [0.1, 0.15) is 53.9 Å². The minimum absolute atomic E-state index is 0.123. The Kier molecular flexibility index (Phi) is 10.4. The van der Waals surface area contributed by atoms with Crippen molar-refractivity contribution in [2.45, 2.75) is 64.2 Å². The Hall–Kier alpha value is -0.990. The standard InChI is InChI=1S/C12H23NO4S.C5H10O2/c1-6-9(10(14)16-5)12(7-17-8-12)13-18(15)11(2,3)4;1-3-4-5(6)7-2/h9,13H,6-8H2,1-5H3;3-4H2,1-2H3. The fraction of sp³-hybridized carbons (Fsp3) is 0.882. The quantitative estimate of drug-likeness (QED) is 0.680. The summed E-state index contributed by atoms with van der Waals surface area (Å²) in [6, 6.07) is 0. The second kappa shape index (κ2) is 10.9. The maximum absolute atomic E-state index is 12.2. The lowest BCUT2D eigenvalue weighted by molar-refractivity contribution is -0.160. The highest BCUT2D eigenvalue weighted by Gasteiger charge is 2.50. The fourth-order valence-electron chi connectivity index (χ4n) is 2.22. The first-order valence-corrected chi connectivity index (χ1v) is 9.65. The van der Waals surface area contributed by atoms with E-state index in [4.69, 9.17) is 9.47 Å². The van der Waals surface area contributed by atoms with Gasteiger partial charge in [-0.1, -0.05) is 13.8 Å². The van der Waals surface area contributed by atoms with Gasteiger partial charge in [0.15, 0.2) is 0 Å². The molecule has 1 aliphatic rings. The van der Waals surface area contributed by atoms with Crippen molar-refractivity contribution < 1.29 is 28.0 Å². The van der Waals surface area contributed by atoms with E-state index < -0.39 is 16.5 Å². The molecule has 1 fully saturated rings. The van der Waals surface area contributed by atoms with E-state index in [1.54, 1.807) is 0 Å². The molecule has 1 N–H and O–H groups in total. The summed E-state index contributed by atoms with van der Waals surface area (Å²) in [4.78, 5) is 22.0. The number of carbonyl (C=O) groups excluding carboxylic acids is 2. The number of esters is 2. The smallest absolute Gasteiger partial charge is 0.310 e. The lowest BCUT2D eigenvalue weighted by Gasteiger charge is -2.46. The van der Waals surface area contributed by atoms with Crippen molar-refractivity contribution in [3.05, 3.63) is 0 Å². The molecule has 0 aromatic rings. The Morgan fingerprint density at radius 3 is 2.00 bits per heavy atom. The third-order valence-corrected chi connectivity index (χ3v) is 5.52. The van der Waals surface area contributed by atoms with Gasteiger partial charge in [0.2, 0.25) is 0 Å². The number of nitrogens with one attached hydrogen (secondary N) is 1. The van der Waals surface area contributed by atoms with Crippen LogP contribution in [-0.4, -0.2) is 53.9 Å². The second-order valence-electron chi connectivity index (χ2n) is 6.94. The van der Waals surface area contributed by atoms with Gasteiger partial charge in [0.25, 0.3) is 0 Å². The van der Waals surface area contributed by atoms with E-state index in [-0.39, 0.29) is 22.6 Å². The first-order chi connectivity index (χ1) is 11.6. The van der Waals surface area contributed by atoms with Crippen LogP contribution in [0.5, 0.6) is 0 Å². The lowest BCUT2D eigenvalue weighted by atomic mass is 9.81. The zero-order chi connectivity index (χ0) is 19.7. The van der Waals surface area contributed by atoms with Gasteiger partial charge in [0, 0.05) is 6.42 Å². The molecular weight excluding hydrogens is 346 g/mol. The Bertz CT molecular complexity index is 457. The number of hydrogen-bond donors (Lipinski definition) is 1. The summed E-state index contributed by atoms with van der Waals surface area (Å²) in [7, 11) is 1.54. The Morgan fingerprint density at radius 2 is 1.76 bits per heavy atom. The SMILES string of the molecule is CCC(C(=O)OC)C1(NS(=O)C(C)(C)C)COC1.CCCC(=O)OC. The molecule has 1 aliphatic heterocycles. The summed E-state index contributed by atoms with van der Waals surface area (Å²) >= 11 is 0. The Balaban J connectivity index is 0.000000697. The van der Waals surface area contributed by atoms with E-state index in [9.17, 15) is 13.8 Å². The molecule has 0 radical (unpaired) electrons. The van der Waals surface area contributed by atoms with Crippen LogP contribution in [0.4, 0.5) is 0 Å². The van der Waals surface area contributed by atoms with Gasteiger partial charge in [-0.25, -0.2) is 8.93 Å². The van der Waals surface area contributed by atoms with Gasteiger partial charge in [0.1, 0.15) is 0 Å². The minimum atomic E-state index is -1.23.